The summed E-state index contributed by atoms with van der Waals surface area (Å²) < 4.78 is 0. The van der Waals surface area contributed by atoms with Crippen molar-refractivity contribution in [3.63, 3.8) is 0 Å². The van der Waals surface area contributed by atoms with Crippen molar-refractivity contribution in [2.24, 2.45) is 0 Å². The Labute approximate surface area is 119 Å². The number of aryl methyl sites for hydroxylation is 2. The summed E-state index contributed by atoms with van der Waals surface area (Å²) in [6, 6.07) is 13.8. The minimum Gasteiger partial charge on any atom is -0.392 e. The van der Waals surface area contributed by atoms with Crippen LogP contribution in [-0.2, 0) is 13.0 Å². The van der Waals surface area contributed by atoms with Crippen LogP contribution in [0.3, 0.4) is 0 Å². The highest BCUT2D eigenvalue weighted by Crippen LogP contribution is 2.34. The maximum Gasteiger partial charge on any atom is 0.170 e. The summed E-state index contributed by atoms with van der Waals surface area (Å²) in [5, 5.41) is 9.19. The number of Topliss-reactive ketones (excluding diaryl/α,β-unsaturated/α-hetero) is 1. The van der Waals surface area contributed by atoms with Gasteiger partial charge < -0.3 is 5.11 Å². The normalized spacial score (nSPS) is 17.9. The number of aliphatic hydroxyl groups is 1. The molecule has 0 spiro atoms. The largest absolute Gasteiger partial charge is 0.392 e. The zero-order chi connectivity index (χ0) is 14.1. The van der Waals surface area contributed by atoms with E-state index in [1.165, 1.54) is 5.56 Å². The Hall–Kier alpha value is -1.93. The van der Waals surface area contributed by atoms with Crippen LogP contribution < -0.4 is 0 Å². The van der Waals surface area contributed by atoms with Gasteiger partial charge in [-0.1, -0.05) is 42.5 Å². The van der Waals surface area contributed by atoms with E-state index in [0.717, 1.165) is 35.1 Å². The molecule has 2 aromatic rings. The van der Waals surface area contributed by atoms with E-state index in [4.69, 9.17) is 0 Å². The maximum absolute atomic E-state index is 12.7. The summed E-state index contributed by atoms with van der Waals surface area (Å²) in [5.74, 6) is 0.189. The first-order valence-corrected chi connectivity index (χ1v) is 7.03. The van der Waals surface area contributed by atoms with Gasteiger partial charge in [-0.05, 0) is 42.0 Å². The molecule has 0 aliphatic heterocycles. The molecule has 0 fully saturated rings. The molecule has 2 nitrogen and oxygen atoms in total. The van der Waals surface area contributed by atoms with E-state index in [1.807, 2.05) is 30.3 Å². The summed E-state index contributed by atoms with van der Waals surface area (Å²) in [7, 11) is 0. The van der Waals surface area contributed by atoms with Crippen molar-refractivity contribution in [3.8, 4) is 0 Å². The van der Waals surface area contributed by atoms with Gasteiger partial charge >= 0.3 is 0 Å². The molecule has 1 atom stereocenters. The molecule has 0 radical (unpaired) electrons. The van der Waals surface area contributed by atoms with Crippen LogP contribution in [0.15, 0.2) is 42.5 Å². The lowest BCUT2D eigenvalue weighted by molar-refractivity contribution is 0.0945. The summed E-state index contributed by atoms with van der Waals surface area (Å²) in [6.07, 6.45) is 1.75. The molecule has 0 amide bonds. The molecule has 2 heteroatoms. The van der Waals surface area contributed by atoms with E-state index in [-0.39, 0.29) is 18.3 Å². The number of fused-ring (bicyclic) bond motifs is 1. The Morgan fingerprint density at radius 3 is 2.75 bits per heavy atom. The Kier molecular flexibility index (Phi) is 3.41. The average molecular weight is 266 g/mol. The predicted molar refractivity (Wildman–Crippen MR) is 78.9 cm³/mol. The molecule has 1 unspecified atom stereocenters. The van der Waals surface area contributed by atoms with Gasteiger partial charge in [-0.25, -0.2) is 0 Å². The number of hydrogen-bond donors (Lipinski definition) is 1. The Bertz CT molecular complexity index is 658. The second kappa shape index (κ2) is 5.22. The van der Waals surface area contributed by atoms with Crippen molar-refractivity contribution in [1.29, 1.82) is 0 Å². The number of carbonyl (C=O) groups is 1. The van der Waals surface area contributed by atoms with Crippen molar-refractivity contribution < 1.29 is 9.90 Å². The van der Waals surface area contributed by atoms with Crippen molar-refractivity contribution in [2.45, 2.75) is 32.3 Å². The van der Waals surface area contributed by atoms with Crippen LogP contribution in [0.25, 0.3) is 0 Å². The topological polar surface area (TPSA) is 37.3 Å². The van der Waals surface area contributed by atoms with Crippen LogP contribution in [0.5, 0.6) is 0 Å². The van der Waals surface area contributed by atoms with E-state index in [2.05, 4.69) is 19.1 Å². The average Bonchev–Trinajstić information content (AvgIpc) is 2.48. The molecular formula is C18H18O2. The zero-order valence-electron chi connectivity index (χ0n) is 11.6. The molecule has 0 heterocycles. The Morgan fingerprint density at radius 2 is 2.00 bits per heavy atom. The standard InChI is InChI=1S/C18H18O2/c1-12-4-2-3-5-15(12)17-9-7-14-10-13(11-19)6-8-16(14)18(17)20/h2-6,8,10,17,19H,7,9,11H2,1H3. The van der Waals surface area contributed by atoms with Gasteiger partial charge in [0, 0.05) is 11.5 Å². The fourth-order valence-corrected chi connectivity index (χ4v) is 3.09. The number of rotatable bonds is 2. The van der Waals surface area contributed by atoms with E-state index >= 15 is 0 Å². The van der Waals surface area contributed by atoms with Crippen molar-refractivity contribution in [3.05, 3.63) is 70.3 Å². The number of hydrogen-bond acceptors (Lipinski definition) is 2. The molecule has 3 rings (SSSR count). The molecule has 1 aliphatic carbocycles. The Balaban J connectivity index is 1.99. The van der Waals surface area contributed by atoms with Crippen molar-refractivity contribution in [2.75, 3.05) is 0 Å². The summed E-state index contributed by atoms with van der Waals surface area (Å²) in [6.45, 7) is 2.09. The highest BCUT2D eigenvalue weighted by atomic mass is 16.3. The fraction of sp³-hybridized carbons (Fsp3) is 0.278. The lowest BCUT2D eigenvalue weighted by atomic mass is 9.77. The van der Waals surface area contributed by atoms with Crippen LogP contribution in [0, 0.1) is 6.92 Å². The van der Waals surface area contributed by atoms with Gasteiger partial charge in [0.2, 0.25) is 0 Å². The first kappa shape index (κ1) is 13.1. The van der Waals surface area contributed by atoms with Crippen LogP contribution in [0.1, 0.15) is 45.0 Å². The third-order valence-electron chi connectivity index (χ3n) is 4.20. The predicted octanol–water partition coefficient (Wildman–Crippen LogP) is 3.40. The second-order valence-electron chi connectivity index (χ2n) is 5.46. The number of carbonyl (C=O) groups excluding carboxylic acids is 1. The highest BCUT2D eigenvalue weighted by molar-refractivity contribution is 6.03. The molecule has 0 bridgehead atoms. The molecule has 20 heavy (non-hydrogen) atoms. The molecular weight excluding hydrogens is 248 g/mol. The third kappa shape index (κ3) is 2.16. The first-order chi connectivity index (χ1) is 9.70. The highest BCUT2D eigenvalue weighted by Gasteiger charge is 2.29. The van der Waals surface area contributed by atoms with Gasteiger partial charge in [0.15, 0.2) is 5.78 Å². The van der Waals surface area contributed by atoms with Gasteiger partial charge in [-0.2, -0.15) is 0 Å². The SMILES string of the molecule is Cc1ccccc1C1CCc2cc(CO)ccc2C1=O. The van der Waals surface area contributed by atoms with E-state index in [9.17, 15) is 9.90 Å². The zero-order valence-corrected chi connectivity index (χ0v) is 11.6. The smallest absolute Gasteiger partial charge is 0.170 e. The fourth-order valence-electron chi connectivity index (χ4n) is 3.09. The quantitative estimate of drug-likeness (QED) is 0.904. The molecule has 0 saturated heterocycles. The molecule has 1 N–H and O–H groups in total. The van der Waals surface area contributed by atoms with Gasteiger partial charge in [0.05, 0.1) is 6.61 Å². The van der Waals surface area contributed by atoms with Crippen molar-refractivity contribution in [1.82, 2.24) is 0 Å². The van der Waals surface area contributed by atoms with Crippen LogP contribution in [0.2, 0.25) is 0 Å². The van der Waals surface area contributed by atoms with Crippen LogP contribution in [0.4, 0.5) is 0 Å². The number of aliphatic hydroxyl groups excluding tert-OH is 1. The summed E-state index contributed by atoms with van der Waals surface area (Å²) in [4.78, 5) is 12.7. The number of ketones is 1. The Morgan fingerprint density at radius 1 is 1.20 bits per heavy atom. The van der Waals surface area contributed by atoms with Gasteiger partial charge in [0.25, 0.3) is 0 Å². The molecule has 2 aromatic carbocycles. The first-order valence-electron chi connectivity index (χ1n) is 7.03. The molecule has 102 valence electrons. The summed E-state index contributed by atoms with van der Waals surface area (Å²) in [5.41, 5.74) is 5.11. The molecule has 0 aromatic heterocycles. The van der Waals surface area contributed by atoms with Gasteiger partial charge in [-0.15, -0.1) is 0 Å². The van der Waals surface area contributed by atoms with Crippen LogP contribution >= 0.6 is 0 Å². The lowest BCUT2D eigenvalue weighted by Gasteiger charge is -2.25. The van der Waals surface area contributed by atoms with E-state index in [1.54, 1.807) is 0 Å². The molecule has 1 aliphatic rings. The summed E-state index contributed by atoms with van der Waals surface area (Å²) >= 11 is 0. The van der Waals surface area contributed by atoms with Gasteiger partial charge in [-0.3, -0.25) is 4.79 Å². The van der Waals surface area contributed by atoms with E-state index < -0.39 is 0 Å². The lowest BCUT2D eigenvalue weighted by Crippen LogP contribution is -2.21. The maximum atomic E-state index is 12.7. The second-order valence-corrected chi connectivity index (χ2v) is 5.46. The monoisotopic (exact) mass is 266 g/mol. The molecule has 0 saturated carbocycles. The van der Waals surface area contributed by atoms with Crippen molar-refractivity contribution >= 4 is 5.78 Å². The van der Waals surface area contributed by atoms with Gasteiger partial charge in [0.1, 0.15) is 0 Å². The van der Waals surface area contributed by atoms with Crippen LogP contribution in [-0.4, -0.2) is 10.9 Å². The minimum atomic E-state index is -0.0244. The number of benzene rings is 2. The van der Waals surface area contributed by atoms with E-state index in [0.29, 0.717) is 0 Å². The third-order valence-corrected chi connectivity index (χ3v) is 4.20. The minimum absolute atomic E-state index is 0.0244.